The van der Waals surface area contributed by atoms with Gasteiger partial charge >= 0.3 is 5.97 Å². The fraction of sp³-hybridized carbons (Fsp3) is 0.963. The molecule has 0 aromatic carbocycles. The van der Waals surface area contributed by atoms with Gasteiger partial charge in [0.25, 0.3) is 0 Å². The lowest BCUT2D eigenvalue weighted by molar-refractivity contribution is -0.245. The summed E-state index contributed by atoms with van der Waals surface area (Å²) in [5.41, 5.74) is 0.107. The number of carbonyl (C=O) groups excluding carboxylic acids is 1. The summed E-state index contributed by atoms with van der Waals surface area (Å²) < 4.78 is 18.7. The van der Waals surface area contributed by atoms with Gasteiger partial charge in [0.1, 0.15) is 6.10 Å². The first kappa shape index (κ1) is 24.5. The second-order valence-corrected chi connectivity index (χ2v) is 12.4. The highest BCUT2D eigenvalue weighted by atomic mass is 16.7. The van der Waals surface area contributed by atoms with Crippen molar-refractivity contribution in [2.45, 2.75) is 98.4 Å². The van der Waals surface area contributed by atoms with Crippen molar-refractivity contribution in [1.82, 2.24) is 5.32 Å². The van der Waals surface area contributed by atoms with Crippen LogP contribution in [-0.4, -0.2) is 44.2 Å². The number of hydrogen-bond donors (Lipinski definition) is 1. The first-order valence-electron chi connectivity index (χ1n) is 13.3. The van der Waals surface area contributed by atoms with Crippen LogP contribution >= 0.6 is 0 Å². The van der Waals surface area contributed by atoms with E-state index in [1.54, 1.807) is 6.92 Å². The van der Waals surface area contributed by atoms with Gasteiger partial charge in [-0.25, -0.2) is 0 Å². The van der Waals surface area contributed by atoms with Crippen molar-refractivity contribution in [2.75, 3.05) is 26.3 Å². The van der Waals surface area contributed by atoms with Gasteiger partial charge in [0.05, 0.1) is 13.2 Å². The Morgan fingerprint density at radius 2 is 1.75 bits per heavy atom. The van der Waals surface area contributed by atoms with E-state index in [0.717, 1.165) is 58.4 Å². The van der Waals surface area contributed by atoms with E-state index >= 15 is 0 Å². The number of carbonyl (C=O) groups is 1. The van der Waals surface area contributed by atoms with Crippen molar-refractivity contribution in [3.05, 3.63) is 0 Å². The number of rotatable bonds is 6. The molecular weight excluding hydrogens is 402 g/mol. The number of esters is 1. The first-order chi connectivity index (χ1) is 15.1. The maximum Gasteiger partial charge on any atom is 0.302 e. The standard InChI is InChI=1S/C27H47NO4/c1-18(2)16-28-17-21-22(25(5)10-7-19(3)15-24(25)32-20(4)29)8-11-26(6)23(21)9-12-27(26)30-13-14-31-27/h18-19,21-24,28H,7-17H2,1-6H3/t19-,21+,22?,23?,24-,25+,26-/m0/s1. The van der Waals surface area contributed by atoms with Crippen LogP contribution in [0.1, 0.15) is 86.5 Å². The maximum atomic E-state index is 12.1. The van der Waals surface area contributed by atoms with Gasteiger partial charge in [-0.1, -0.05) is 34.6 Å². The van der Waals surface area contributed by atoms with Crippen molar-refractivity contribution in [2.24, 2.45) is 40.4 Å². The van der Waals surface area contributed by atoms with Crippen LogP contribution in [0.3, 0.4) is 0 Å². The molecule has 184 valence electrons. The lowest BCUT2D eigenvalue weighted by Crippen LogP contribution is -2.58. The first-order valence-corrected chi connectivity index (χ1v) is 13.3. The van der Waals surface area contributed by atoms with E-state index in [2.05, 4.69) is 39.9 Å². The smallest absolute Gasteiger partial charge is 0.302 e. The topological polar surface area (TPSA) is 56.8 Å². The molecule has 2 unspecified atom stereocenters. The molecule has 0 aromatic rings. The van der Waals surface area contributed by atoms with Gasteiger partial charge in [-0.15, -0.1) is 0 Å². The fourth-order valence-electron chi connectivity index (χ4n) is 8.09. The summed E-state index contributed by atoms with van der Waals surface area (Å²) in [5.74, 6) is 2.43. The van der Waals surface area contributed by atoms with Crippen LogP contribution in [0.25, 0.3) is 0 Å². The predicted octanol–water partition coefficient (Wildman–Crippen LogP) is 5.18. The summed E-state index contributed by atoms with van der Waals surface area (Å²) in [6.45, 7) is 16.9. The lowest BCUT2D eigenvalue weighted by atomic mass is 9.50. The Hall–Kier alpha value is -0.650. The van der Waals surface area contributed by atoms with E-state index in [1.807, 2.05) is 0 Å². The average molecular weight is 450 g/mol. The largest absolute Gasteiger partial charge is 0.462 e. The molecular formula is C27H47NO4. The normalized spacial score (nSPS) is 43.5. The Balaban J connectivity index is 1.64. The van der Waals surface area contributed by atoms with E-state index in [9.17, 15) is 4.79 Å². The minimum absolute atomic E-state index is 0.0278. The van der Waals surface area contributed by atoms with E-state index < -0.39 is 0 Å². The molecule has 1 aliphatic heterocycles. The van der Waals surface area contributed by atoms with Gasteiger partial charge in [-0.3, -0.25) is 4.79 Å². The second-order valence-electron chi connectivity index (χ2n) is 12.4. The Labute approximate surface area is 195 Å². The summed E-state index contributed by atoms with van der Waals surface area (Å²) >= 11 is 0. The van der Waals surface area contributed by atoms with Gasteiger partial charge in [0.15, 0.2) is 5.79 Å². The average Bonchev–Trinajstić information content (AvgIpc) is 3.31. The van der Waals surface area contributed by atoms with Crippen molar-refractivity contribution in [3.8, 4) is 0 Å². The zero-order valence-electron chi connectivity index (χ0n) is 21.4. The van der Waals surface area contributed by atoms with Crippen LogP contribution in [0.2, 0.25) is 0 Å². The number of hydrogen-bond acceptors (Lipinski definition) is 5. The minimum Gasteiger partial charge on any atom is -0.462 e. The highest BCUT2D eigenvalue weighted by Gasteiger charge is 2.66. The summed E-state index contributed by atoms with van der Waals surface area (Å²) in [6.07, 6.45) is 7.90. The highest BCUT2D eigenvalue weighted by Crippen LogP contribution is 2.66. The Bertz CT molecular complexity index is 675. The molecule has 0 bridgehead atoms. The lowest BCUT2D eigenvalue weighted by Gasteiger charge is -2.57. The van der Waals surface area contributed by atoms with E-state index in [1.165, 1.54) is 12.8 Å². The third-order valence-corrected chi connectivity index (χ3v) is 9.85. The molecule has 0 amide bonds. The van der Waals surface area contributed by atoms with Crippen LogP contribution in [0.5, 0.6) is 0 Å². The molecule has 3 aliphatic carbocycles. The molecule has 4 aliphatic rings. The molecule has 4 fully saturated rings. The maximum absolute atomic E-state index is 12.1. The molecule has 3 saturated carbocycles. The molecule has 5 heteroatoms. The van der Waals surface area contributed by atoms with E-state index in [4.69, 9.17) is 14.2 Å². The monoisotopic (exact) mass is 449 g/mol. The summed E-state index contributed by atoms with van der Waals surface area (Å²) in [5, 5.41) is 3.82. The third-order valence-electron chi connectivity index (χ3n) is 9.85. The van der Waals surface area contributed by atoms with Crippen LogP contribution in [0, 0.1) is 40.4 Å². The summed E-state index contributed by atoms with van der Waals surface area (Å²) in [7, 11) is 0. The molecule has 1 N–H and O–H groups in total. The predicted molar refractivity (Wildman–Crippen MR) is 126 cm³/mol. The second kappa shape index (κ2) is 9.19. The van der Waals surface area contributed by atoms with Gasteiger partial charge in [-0.2, -0.15) is 0 Å². The van der Waals surface area contributed by atoms with Crippen molar-refractivity contribution >= 4 is 5.97 Å². The highest BCUT2D eigenvalue weighted by molar-refractivity contribution is 5.66. The Morgan fingerprint density at radius 3 is 2.41 bits per heavy atom. The number of nitrogens with one attached hydrogen (secondary N) is 1. The van der Waals surface area contributed by atoms with Gasteiger partial charge < -0.3 is 19.5 Å². The van der Waals surface area contributed by atoms with Crippen molar-refractivity contribution < 1.29 is 19.0 Å². The van der Waals surface area contributed by atoms with Crippen LogP contribution in [-0.2, 0) is 19.0 Å². The molecule has 32 heavy (non-hydrogen) atoms. The quantitative estimate of drug-likeness (QED) is 0.567. The van der Waals surface area contributed by atoms with Crippen molar-refractivity contribution in [3.63, 3.8) is 0 Å². The molecule has 0 radical (unpaired) electrons. The van der Waals surface area contributed by atoms with Crippen molar-refractivity contribution in [1.29, 1.82) is 0 Å². The molecule has 7 atom stereocenters. The fourth-order valence-corrected chi connectivity index (χ4v) is 8.09. The molecule has 5 nitrogen and oxygen atoms in total. The van der Waals surface area contributed by atoms with Gasteiger partial charge in [-0.05, 0) is 81.2 Å². The zero-order valence-corrected chi connectivity index (χ0v) is 21.4. The zero-order chi connectivity index (χ0) is 23.1. The van der Waals surface area contributed by atoms with Gasteiger partial charge in [0, 0.05) is 24.2 Å². The molecule has 4 rings (SSSR count). The van der Waals surface area contributed by atoms with E-state index in [0.29, 0.717) is 29.6 Å². The number of ether oxygens (including phenoxy) is 3. The molecule has 0 aromatic heterocycles. The Morgan fingerprint density at radius 1 is 1.06 bits per heavy atom. The summed E-state index contributed by atoms with van der Waals surface area (Å²) in [6, 6.07) is 0. The van der Waals surface area contributed by atoms with Crippen LogP contribution in [0.15, 0.2) is 0 Å². The van der Waals surface area contributed by atoms with Crippen LogP contribution in [0.4, 0.5) is 0 Å². The third kappa shape index (κ3) is 4.15. The van der Waals surface area contributed by atoms with Crippen LogP contribution < -0.4 is 5.32 Å². The number of fused-ring (bicyclic) bond motifs is 2. The Kier molecular flexibility index (Phi) is 7.03. The molecule has 1 spiro atoms. The molecule has 1 heterocycles. The summed E-state index contributed by atoms with van der Waals surface area (Å²) in [4.78, 5) is 12.1. The minimum atomic E-state index is -0.379. The molecule has 1 saturated heterocycles. The van der Waals surface area contributed by atoms with E-state index in [-0.39, 0.29) is 28.7 Å². The SMILES string of the molecule is CC(=O)O[C@H]1C[C@@H](C)CC[C@]1(C)C1CC[C@@]2(C)C(CCC23OCCO3)[C@@H]1CNCC(C)C. The van der Waals surface area contributed by atoms with Gasteiger partial charge in [0.2, 0.25) is 0 Å².